The summed E-state index contributed by atoms with van der Waals surface area (Å²) in [6.45, 7) is 0. The summed E-state index contributed by atoms with van der Waals surface area (Å²) in [6, 6.07) is 18.4. The molecule has 0 unspecified atom stereocenters. The average molecular weight is 362 g/mol. The van der Waals surface area contributed by atoms with Crippen molar-refractivity contribution < 1.29 is 4.42 Å². The molecular weight excluding hydrogens is 348 g/mol. The highest BCUT2D eigenvalue weighted by molar-refractivity contribution is 6.12. The van der Waals surface area contributed by atoms with Crippen molar-refractivity contribution in [2.75, 3.05) is 0 Å². The predicted octanol–water partition coefficient (Wildman–Crippen LogP) is 5.38. The van der Waals surface area contributed by atoms with Crippen LogP contribution in [0.1, 0.15) is 0 Å². The van der Waals surface area contributed by atoms with Crippen LogP contribution in [0.15, 0.2) is 90.1 Å². The SMILES string of the molecule is c1cncc(-c2ncc(-n3c4ccccc4c4cc5occc5cc43)cn2)c1. The lowest BCUT2D eigenvalue weighted by Crippen LogP contribution is -1.97. The van der Waals surface area contributed by atoms with Gasteiger partial charge in [-0.15, -0.1) is 0 Å². The van der Waals surface area contributed by atoms with Gasteiger partial charge in [0.05, 0.1) is 35.4 Å². The van der Waals surface area contributed by atoms with Gasteiger partial charge in [-0.3, -0.25) is 4.98 Å². The number of para-hydroxylation sites is 1. The van der Waals surface area contributed by atoms with E-state index in [0.29, 0.717) is 5.82 Å². The van der Waals surface area contributed by atoms with E-state index in [1.807, 2.05) is 36.7 Å². The lowest BCUT2D eigenvalue weighted by molar-refractivity contribution is 0.616. The molecule has 28 heavy (non-hydrogen) atoms. The second-order valence-electron chi connectivity index (χ2n) is 6.69. The highest BCUT2D eigenvalue weighted by Gasteiger charge is 2.14. The smallest absolute Gasteiger partial charge is 0.160 e. The van der Waals surface area contributed by atoms with Gasteiger partial charge in [-0.1, -0.05) is 18.2 Å². The molecule has 0 aliphatic heterocycles. The summed E-state index contributed by atoms with van der Waals surface area (Å²) in [4.78, 5) is 13.3. The standard InChI is InChI=1S/C23H14N4O/c1-2-6-20-18(5-1)19-11-22-15(7-9-28-22)10-21(19)27(20)17-13-25-23(26-14-17)16-4-3-8-24-12-16/h1-14H. The Hall–Kier alpha value is -3.99. The molecule has 0 bridgehead atoms. The fourth-order valence-electron chi connectivity index (χ4n) is 3.78. The van der Waals surface area contributed by atoms with Crippen molar-refractivity contribution in [2.45, 2.75) is 0 Å². The van der Waals surface area contributed by atoms with E-state index < -0.39 is 0 Å². The van der Waals surface area contributed by atoms with Gasteiger partial charge in [0, 0.05) is 34.1 Å². The number of hydrogen-bond acceptors (Lipinski definition) is 4. The van der Waals surface area contributed by atoms with E-state index in [2.05, 4.69) is 49.9 Å². The van der Waals surface area contributed by atoms with Gasteiger partial charge in [0.1, 0.15) is 5.58 Å². The summed E-state index contributed by atoms with van der Waals surface area (Å²) >= 11 is 0. The highest BCUT2D eigenvalue weighted by Crippen LogP contribution is 2.34. The Morgan fingerprint density at radius 2 is 1.68 bits per heavy atom. The first-order valence-corrected chi connectivity index (χ1v) is 9.02. The van der Waals surface area contributed by atoms with E-state index >= 15 is 0 Å². The second-order valence-corrected chi connectivity index (χ2v) is 6.69. The highest BCUT2D eigenvalue weighted by atomic mass is 16.3. The minimum absolute atomic E-state index is 0.662. The molecular formula is C23H14N4O. The summed E-state index contributed by atoms with van der Waals surface area (Å²) < 4.78 is 7.81. The first-order chi connectivity index (χ1) is 13.9. The number of pyridine rings is 1. The van der Waals surface area contributed by atoms with Crippen molar-refractivity contribution >= 4 is 32.8 Å². The van der Waals surface area contributed by atoms with Crippen molar-refractivity contribution in [1.29, 1.82) is 0 Å². The summed E-state index contributed by atoms with van der Waals surface area (Å²) in [5.74, 6) is 0.662. The monoisotopic (exact) mass is 362 g/mol. The summed E-state index contributed by atoms with van der Waals surface area (Å²) in [5, 5.41) is 3.39. The molecule has 0 atom stereocenters. The number of aromatic nitrogens is 4. The maximum Gasteiger partial charge on any atom is 0.160 e. The summed E-state index contributed by atoms with van der Waals surface area (Å²) in [5.41, 5.74) is 4.92. The van der Waals surface area contributed by atoms with Gasteiger partial charge in [-0.25, -0.2) is 9.97 Å². The number of furan rings is 1. The molecule has 2 aromatic carbocycles. The number of rotatable bonds is 2. The molecule has 0 saturated carbocycles. The van der Waals surface area contributed by atoms with Crippen molar-refractivity contribution in [2.24, 2.45) is 0 Å². The molecule has 6 rings (SSSR count). The Labute approximate surface area is 159 Å². The van der Waals surface area contributed by atoms with Crippen molar-refractivity contribution in [3.63, 3.8) is 0 Å². The summed E-state index contributed by atoms with van der Waals surface area (Å²) in [6.07, 6.45) is 8.96. The topological polar surface area (TPSA) is 56.7 Å². The van der Waals surface area contributed by atoms with Gasteiger partial charge >= 0.3 is 0 Å². The van der Waals surface area contributed by atoms with Crippen LogP contribution in [0, 0.1) is 0 Å². The van der Waals surface area contributed by atoms with Gasteiger partial charge in [-0.05, 0) is 36.4 Å². The Balaban J connectivity index is 1.62. The van der Waals surface area contributed by atoms with Crippen molar-refractivity contribution in [3.8, 4) is 17.1 Å². The molecule has 0 spiro atoms. The zero-order valence-corrected chi connectivity index (χ0v) is 14.8. The zero-order chi connectivity index (χ0) is 18.5. The minimum atomic E-state index is 0.662. The van der Waals surface area contributed by atoms with E-state index in [-0.39, 0.29) is 0 Å². The zero-order valence-electron chi connectivity index (χ0n) is 14.8. The van der Waals surface area contributed by atoms with Crippen LogP contribution >= 0.6 is 0 Å². The lowest BCUT2D eigenvalue weighted by Gasteiger charge is -2.08. The average Bonchev–Trinajstić information content (AvgIpc) is 3.35. The summed E-state index contributed by atoms with van der Waals surface area (Å²) in [7, 11) is 0. The molecule has 5 heteroatoms. The Morgan fingerprint density at radius 1 is 0.786 bits per heavy atom. The first kappa shape index (κ1) is 15.1. The number of benzene rings is 2. The number of fused-ring (bicyclic) bond motifs is 4. The third-order valence-electron chi connectivity index (χ3n) is 5.06. The maximum absolute atomic E-state index is 5.61. The van der Waals surface area contributed by atoms with Gasteiger partial charge in [0.15, 0.2) is 5.82 Å². The Morgan fingerprint density at radius 3 is 2.54 bits per heavy atom. The van der Waals surface area contributed by atoms with Crippen LogP contribution < -0.4 is 0 Å². The largest absolute Gasteiger partial charge is 0.464 e. The van der Waals surface area contributed by atoms with E-state index in [0.717, 1.165) is 38.6 Å². The van der Waals surface area contributed by atoms with Gasteiger partial charge in [0.25, 0.3) is 0 Å². The number of nitrogens with zero attached hydrogens (tertiary/aromatic N) is 4. The van der Waals surface area contributed by atoms with Gasteiger partial charge in [0.2, 0.25) is 0 Å². The van der Waals surface area contributed by atoms with Crippen LogP contribution in [0.2, 0.25) is 0 Å². The van der Waals surface area contributed by atoms with Crippen LogP contribution in [0.5, 0.6) is 0 Å². The van der Waals surface area contributed by atoms with Crippen molar-refractivity contribution in [1.82, 2.24) is 19.5 Å². The second kappa shape index (κ2) is 5.76. The van der Waals surface area contributed by atoms with Crippen LogP contribution in [-0.2, 0) is 0 Å². The molecule has 0 saturated heterocycles. The molecule has 5 nitrogen and oxygen atoms in total. The quantitative estimate of drug-likeness (QED) is 0.415. The molecule has 6 aromatic rings. The van der Waals surface area contributed by atoms with E-state index in [1.54, 1.807) is 18.7 Å². The predicted molar refractivity (Wildman–Crippen MR) is 109 cm³/mol. The molecule has 0 fully saturated rings. The van der Waals surface area contributed by atoms with Gasteiger partial charge in [-0.2, -0.15) is 0 Å². The van der Waals surface area contributed by atoms with Gasteiger partial charge < -0.3 is 8.98 Å². The first-order valence-electron chi connectivity index (χ1n) is 9.02. The maximum atomic E-state index is 5.61. The molecule has 0 aliphatic carbocycles. The molecule has 132 valence electrons. The molecule has 0 aliphatic rings. The number of hydrogen-bond donors (Lipinski definition) is 0. The normalized spacial score (nSPS) is 11.6. The van der Waals surface area contributed by atoms with E-state index in [4.69, 9.17) is 4.42 Å². The fourth-order valence-corrected chi connectivity index (χ4v) is 3.78. The molecule has 0 amide bonds. The van der Waals surface area contributed by atoms with Crippen LogP contribution in [-0.4, -0.2) is 19.5 Å². The third-order valence-corrected chi connectivity index (χ3v) is 5.06. The third kappa shape index (κ3) is 2.16. The minimum Gasteiger partial charge on any atom is -0.464 e. The lowest BCUT2D eigenvalue weighted by atomic mass is 10.1. The van der Waals surface area contributed by atoms with E-state index in [9.17, 15) is 0 Å². The molecule has 0 radical (unpaired) electrons. The van der Waals surface area contributed by atoms with Crippen molar-refractivity contribution in [3.05, 3.63) is 85.6 Å². The molecule has 4 aromatic heterocycles. The molecule has 0 N–H and O–H groups in total. The fraction of sp³-hybridized carbons (Fsp3) is 0. The molecule has 4 heterocycles. The van der Waals surface area contributed by atoms with Crippen LogP contribution in [0.4, 0.5) is 0 Å². The van der Waals surface area contributed by atoms with E-state index in [1.165, 1.54) is 5.39 Å². The van der Waals surface area contributed by atoms with Crippen LogP contribution in [0.3, 0.4) is 0 Å². The van der Waals surface area contributed by atoms with Crippen LogP contribution in [0.25, 0.3) is 49.9 Å². The Bertz CT molecular complexity index is 1450. The Kier molecular flexibility index (Phi) is 3.10.